The molecule has 0 amide bonds. The number of benzene rings is 1. The highest BCUT2D eigenvalue weighted by molar-refractivity contribution is 7.92. The summed E-state index contributed by atoms with van der Waals surface area (Å²) in [4.78, 5) is 10.2. The minimum atomic E-state index is -3.79. The highest BCUT2D eigenvalue weighted by Crippen LogP contribution is 2.46. The third kappa shape index (κ3) is 3.70. The maximum Gasteiger partial charge on any atom is 0.290 e. The molecule has 1 aliphatic carbocycles. The molecule has 1 aromatic carbocycles. The van der Waals surface area contributed by atoms with Gasteiger partial charge in [-0.3, -0.25) is 0 Å². The predicted octanol–water partition coefficient (Wildman–Crippen LogP) is 1.13. The molecule has 178 valence electrons. The number of hydrogen-bond acceptors (Lipinski definition) is 8. The highest BCUT2D eigenvalue weighted by Gasteiger charge is 2.45. The van der Waals surface area contributed by atoms with E-state index in [0.717, 1.165) is 6.26 Å². The van der Waals surface area contributed by atoms with Gasteiger partial charge < -0.3 is 10.0 Å². The minimum Gasteiger partial charge on any atom is -0.389 e. The van der Waals surface area contributed by atoms with Crippen molar-refractivity contribution in [3.63, 3.8) is 0 Å². The summed E-state index contributed by atoms with van der Waals surface area (Å²) in [7, 11) is -7.44. The first-order valence-electron chi connectivity index (χ1n) is 10.4. The fraction of sp³-hybridized carbons (Fsp3) is 0.500. The fourth-order valence-electron chi connectivity index (χ4n) is 4.63. The molecule has 1 fully saturated rings. The molecule has 2 aliphatic heterocycles. The van der Waals surface area contributed by atoms with E-state index in [4.69, 9.17) is 0 Å². The number of aliphatic hydroxyl groups excluding tert-OH is 1. The summed E-state index contributed by atoms with van der Waals surface area (Å²) in [5.41, 5.74) is 0.747. The van der Waals surface area contributed by atoms with Crippen LogP contribution in [0.1, 0.15) is 36.2 Å². The Balaban J connectivity index is 1.64. The number of halogens is 2. The molecule has 3 atom stereocenters. The molecule has 1 saturated heterocycles. The van der Waals surface area contributed by atoms with Gasteiger partial charge in [-0.1, -0.05) is 12.1 Å². The topological polar surface area (TPSA) is 130 Å². The number of nitrogens with zero attached hydrogens (tertiary/aromatic N) is 3. The number of hydrogen-bond donors (Lipinski definition) is 2. The monoisotopic (exact) mass is 500 g/mol. The third-order valence-electron chi connectivity index (χ3n) is 6.46. The standard InChI is InChI=1S/C20H22F2N4O5S2/c1-10-15(27)8-26(10)19-23-17(13-5-6-20(21,22)18(13)24-19)11-3-4-12-14(25-32(2,28)29)9-33(30,31)16(12)7-11/h3-4,7,10,14-15,25,27H,5-6,8-9H2,1-2H3/t10-,14?,15+/m0/s1. The molecule has 0 radical (unpaired) electrons. The number of alkyl halides is 2. The molecule has 5 rings (SSSR count). The molecule has 2 aromatic rings. The van der Waals surface area contributed by atoms with E-state index in [1.54, 1.807) is 17.9 Å². The Morgan fingerprint density at radius 3 is 2.64 bits per heavy atom. The van der Waals surface area contributed by atoms with Crippen LogP contribution < -0.4 is 9.62 Å². The lowest BCUT2D eigenvalue weighted by Gasteiger charge is -2.43. The quantitative estimate of drug-likeness (QED) is 0.639. The summed E-state index contributed by atoms with van der Waals surface area (Å²) in [6.07, 6.45) is -0.0470. The fourth-order valence-corrected chi connectivity index (χ4v) is 7.22. The molecule has 13 heteroatoms. The second-order valence-corrected chi connectivity index (χ2v) is 12.6. The van der Waals surface area contributed by atoms with Crippen LogP contribution >= 0.6 is 0 Å². The Labute approximate surface area is 189 Å². The molecule has 1 unspecified atom stereocenters. The first-order chi connectivity index (χ1) is 15.3. The molecule has 0 saturated carbocycles. The van der Waals surface area contributed by atoms with E-state index < -0.39 is 50.1 Å². The second kappa shape index (κ2) is 7.14. The van der Waals surface area contributed by atoms with E-state index in [9.17, 15) is 30.7 Å². The van der Waals surface area contributed by atoms with Crippen LogP contribution in [0.4, 0.5) is 14.7 Å². The first-order valence-corrected chi connectivity index (χ1v) is 13.9. The molecule has 2 N–H and O–H groups in total. The van der Waals surface area contributed by atoms with Gasteiger partial charge in [0.15, 0.2) is 9.84 Å². The van der Waals surface area contributed by atoms with Gasteiger partial charge in [-0.05, 0) is 25.0 Å². The zero-order valence-electron chi connectivity index (χ0n) is 17.8. The van der Waals surface area contributed by atoms with Crippen molar-refractivity contribution in [1.29, 1.82) is 0 Å². The van der Waals surface area contributed by atoms with Crippen molar-refractivity contribution in [1.82, 2.24) is 14.7 Å². The SMILES string of the molecule is C[C@H]1[C@H](O)CN1c1nc(-c2ccc3c(c2)S(=O)(=O)CC3NS(C)(=O)=O)c2c(n1)C(F)(F)CC2. The third-order valence-corrected chi connectivity index (χ3v) is 8.97. The van der Waals surface area contributed by atoms with E-state index in [0.29, 0.717) is 11.1 Å². The number of aromatic nitrogens is 2. The predicted molar refractivity (Wildman–Crippen MR) is 115 cm³/mol. The number of sulfonamides is 1. The van der Waals surface area contributed by atoms with Gasteiger partial charge in [0.2, 0.25) is 16.0 Å². The summed E-state index contributed by atoms with van der Waals surface area (Å²) in [6, 6.07) is 3.16. The number of β-amino-alcohol motifs (C(OH)–C–C–N with tert-alkyl or cyclic N) is 1. The highest BCUT2D eigenvalue weighted by atomic mass is 32.2. The summed E-state index contributed by atoms with van der Waals surface area (Å²) in [6.45, 7) is 1.95. The Kier molecular flexibility index (Phi) is 4.88. The van der Waals surface area contributed by atoms with Gasteiger partial charge in [0.05, 0.1) is 40.8 Å². The van der Waals surface area contributed by atoms with Crippen molar-refractivity contribution in [3.05, 3.63) is 35.0 Å². The summed E-state index contributed by atoms with van der Waals surface area (Å²) in [5.74, 6) is -3.50. The van der Waals surface area contributed by atoms with Crippen LogP contribution in [-0.2, 0) is 32.2 Å². The minimum absolute atomic E-state index is 0.0399. The summed E-state index contributed by atoms with van der Waals surface area (Å²) >= 11 is 0. The number of rotatable bonds is 4. The van der Waals surface area contributed by atoms with Crippen molar-refractivity contribution in [2.24, 2.45) is 0 Å². The normalized spacial score (nSPS) is 27.2. The molecule has 0 spiro atoms. The lowest BCUT2D eigenvalue weighted by Crippen LogP contribution is -2.59. The number of nitrogens with one attached hydrogen (secondary N) is 1. The average molecular weight is 501 g/mol. The van der Waals surface area contributed by atoms with Gasteiger partial charge in [-0.15, -0.1) is 0 Å². The Bertz CT molecular complexity index is 1380. The maximum absolute atomic E-state index is 14.6. The Hall–Kier alpha value is -2.22. The van der Waals surface area contributed by atoms with Crippen LogP contribution in [0, 0.1) is 0 Å². The molecule has 1 aromatic heterocycles. The molecule has 33 heavy (non-hydrogen) atoms. The van der Waals surface area contributed by atoms with Gasteiger partial charge >= 0.3 is 0 Å². The molecular weight excluding hydrogens is 478 g/mol. The molecule has 9 nitrogen and oxygen atoms in total. The van der Waals surface area contributed by atoms with E-state index in [1.807, 2.05) is 0 Å². The van der Waals surface area contributed by atoms with Crippen LogP contribution in [-0.4, -0.2) is 62.6 Å². The molecule has 0 bridgehead atoms. The number of anilines is 1. The number of sulfone groups is 1. The van der Waals surface area contributed by atoms with Crippen molar-refractivity contribution in [2.75, 3.05) is 23.5 Å². The van der Waals surface area contributed by atoms with E-state index in [2.05, 4.69) is 14.7 Å². The zero-order chi connectivity index (χ0) is 23.9. The molecular formula is C20H22F2N4O5S2. The summed E-state index contributed by atoms with van der Waals surface area (Å²) in [5, 5.41) is 9.84. The van der Waals surface area contributed by atoms with Crippen LogP contribution in [0.15, 0.2) is 23.1 Å². The molecule has 3 heterocycles. The maximum atomic E-state index is 14.6. The van der Waals surface area contributed by atoms with E-state index in [-0.39, 0.29) is 46.8 Å². The number of fused-ring (bicyclic) bond motifs is 2. The lowest BCUT2D eigenvalue weighted by atomic mass is 10.0. The van der Waals surface area contributed by atoms with Gasteiger partial charge in [-0.2, -0.15) is 8.78 Å². The van der Waals surface area contributed by atoms with Crippen molar-refractivity contribution >= 4 is 25.8 Å². The van der Waals surface area contributed by atoms with Crippen LogP contribution in [0.25, 0.3) is 11.3 Å². The Morgan fingerprint density at radius 1 is 1.27 bits per heavy atom. The van der Waals surface area contributed by atoms with E-state index in [1.165, 1.54) is 12.1 Å². The van der Waals surface area contributed by atoms with Crippen LogP contribution in [0.3, 0.4) is 0 Å². The van der Waals surface area contributed by atoms with Crippen LogP contribution in [0.2, 0.25) is 0 Å². The first kappa shape index (κ1) is 22.6. The average Bonchev–Trinajstić information content (AvgIpc) is 3.16. The van der Waals surface area contributed by atoms with Gasteiger partial charge in [0.25, 0.3) is 5.92 Å². The van der Waals surface area contributed by atoms with Gasteiger partial charge in [-0.25, -0.2) is 31.5 Å². The molecule has 3 aliphatic rings. The number of aliphatic hydroxyl groups is 1. The van der Waals surface area contributed by atoms with Crippen LogP contribution in [0.5, 0.6) is 0 Å². The largest absolute Gasteiger partial charge is 0.389 e. The van der Waals surface area contributed by atoms with Gasteiger partial charge in [0.1, 0.15) is 5.69 Å². The van der Waals surface area contributed by atoms with Gasteiger partial charge in [0, 0.05) is 24.1 Å². The van der Waals surface area contributed by atoms with E-state index >= 15 is 0 Å². The van der Waals surface area contributed by atoms with Crippen molar-refractivity contribution in [2.45, 2.75) is 48.8 Å². The zero-order valence-corrected chi connectivity index (χ0v) is 19.4. The lowest BCUT2D eigenvalue weighted by molar-refractivity contribution is -0.00603. The van der Waals surface area contributed by atoms with Crippen molar-refractivity contribution < 1.29 is 30.7 Å². The second-order valence-electron chi connectivity index (χ2n) is 8.84. The van der Waals surface area contributed by atoms with Crippen molar-refractivity contribution in [3.8, 4) is 11.3 Å². The smallest absolute Gasteiger partial charge is 0.290 e. The Morgan fingerprint density at radius 2 is 2.00 bits per heavy atom. The summed E-state index contributed by atoms with van der Waals surface area (Å²) < 4.78 is 80.4.